The molecule has 154 valence electrons. The van der Waals surface area contributed by atoms with E-state index in [4.69, 9.17) is 13.8 Å². The number of carbonyl (C=O) groups excluding carboxylic acids is 1. The summed E-state index contributed by atoms with van der Waals surface area (Å²) in [6, 6.07) is 13.0. The van der Waals surface area contributed by atoms with Gasteiger partial charge in [-0.3, -0.25) is 8.97 Å². The van der Waals surface area contributed by atoms with E-state index in [1.54, 1.807) is 36.6 Å². The number of benzene rings is 1. The number of nitrogens with zero attached hydrogens (tertiary/aromatic N) is 2. The molecule has 0 N–H and O–H groups in total. The Balaban J connectivity index is 1.80. The van der Waals surface area contributed by atoms with Crippen LogP contribution in [0.5, 0.6) is 0 Å². The second kappa shape index (κ2) is 9.67. The van der Waals surface area contributed by atoms with Crippen LogP contribution in [-0.2, 0) is 31.1 Å². The predicted octanol–water partition coefficient (Wildman–Crippen LogP) is 5.22. The number of esters is 1. The van der Waals surface area contributed by atoms with Gasteiger partial charge in [-0.25, -0.2) is 9.78 Å². The smallest absolute Gasteiger partial charge is 0.360 e. The lowest BCUT2D eigenvalue weighted by atomic mass is 10.2. The van der Waals surface area contributed by atoms with Crippen LogP contribution in [0.2, 0.25) is 0 Å². The second-order valence-electron chi connectivity index (χ2n) is 6.18. The van der Waals surface area contributed by atoms with Gasteiger partial charge in [0.2, 0.25) is 0 Å². The molecule has 7 nitrogen and oxygen atoms in total. The molecule has 0 fully saturated rings. The van der Waals surface area contributed by atoms with Crippen LogP contribution in [0.3, 0.4) is 0 Å². The van der Waals surface area contributed by atoms with E-state index in [-0.39, 0.29) is 18.5 Å². The van der Waals surface area contributed by atoms with Crippen LogP contribution in [0.1, 0.15) is 35.5 Å². The number of hydrogen-bond acceptors (Lipinski definition) is 6. The van der Waals surface area contributed by atoms with Gasteiger partial charge in [-0.1, -0.05) is 30.3 Å². The van der Waals surface area contributed by atoms with E-state index >= 15 is 0 Å². The van der Waals surface area contributed by atoms with Gasteiger partial charge in [0.15, 0.2) is 5.69 Å². The first-order chi connectivity index (χ1) is 14.0. The summed E-state index contributed by atoms with van der Waals surface area (Å²) >= 11 is 3.41. The van der Waals surface area contributed by atoms with Crippen molar-refractivity contribution < 1.29 is 23.1 Å². The standard InChI is InChI=1S/C20H22BrN2O5P/c1-3-27-29(25,28-4-2)14-16-10-11-23-17(12-16)22-18(19(23)21)20(24)26-13-15-8-6-5-7-9-15/h5-12H,3-4,13-14H2,1-2H3. The first-order valence-corrected chi connectivity index (χ1v) is 11.7. The average Bonchev–Trinajstić information content (AvgIpc) is 3.03. The maximum absolute atomic E-state index is 12.8. The van der Waals surface area contributed by atoms with Gasteiger partial charge in [0.25, 0.3) is 0 Å². The highest BCUT2D eigenvalue weighted by Gasteiger charge is 2.25. The van der Waals surface area contributed by atoms with Crippen LogP contribution < -0.4 is 0 Å². The molecule has 3 aromatic rings. The minimum absolute atomic E-state index is 0.128. The Hall–Kier alpha value is -1.99. The van der Waals surface area contributed by atoms with Crippen molar-refractivity contribution in [1.29, 1.82) is 0 Å². The molecule has 3 rings (SSSR count). The molecule has 0 unspecified atom stereocenters. The fourth-order valence-corrected chi connectivity index (χ4v) is 5.06. The molecule has 0 atom stereocenters. The second-order valence-corrected chi connectivity index (χ2v) is 8.99. The normalized spacial score (nSPS) is 11.7. The summed E-state index contributed by atoms with van der Waals surface area (Å²) in [6.45, 7) is 4.30. The minimum Gasteiger partial charge on any atom is -0.456 e. The Morgan fingerprint density at radius 2 is 1.79 bits per heavy atom. The third-order valence-electron chi connectivity index (χ3n) is 4.07. The molecule has 0 radical (unpaired) electrons. The zero-order valence-corrected chi connectivity index (χ0v) is 18.7. The van der Waals surface area contributed by atoms with Gasteiger partial charge < -0.3 is 13.8 Å². The maximum atomic E-state index is 12.8. The molecule has 9 heteroatoms. The summed E-state index contributed by atoms with van der Waals surface area (Å²) in [5, 5.41) is 0. The molecule has 1 aromatic carbocycles. The largest absolute Gasteiger partial charge is 0.456 e. The van der Waals surface area contributed by atoms with Gasteiger partial charge >= 0.3 is 13.6 Å². The number of pyridine rings is 1. The number of halogens is 1. The van der Waals surface area contributed by atoms with Gasteiger partial charge in [-0.05, 0) is 53.0 Å². The van der Waals surface area contributed by atoms with Crippen molar-refractivity contribution >= 4 is 35.1 Å². The number of imidazole rings is 1. The van der Waals surface area contributed by atoms with Gasteiger partial charge in [0.1, 0.15) is 16.9 Å². The molecule has 0 aliphatic rings. The Morgan fingerprint density at radius 3 is 2.45 bits per heavy atom. The van der Waals surface area contributed by atoms with Crippen molar-refractivity contribution in [3.63, 3.8) is 0 Å². The Morgan fingerprint density at radius 1 is 1.10 bits per heavy atom. The highest BCUT2D eigenvalue weighted by Crippen LogP contribution is 2.51. The Labute approximate surface area is 177 Å². The van der Waals surface area contributed by atoms with Gasteiger partial charge in [0, 0.05) is 6.20 Å². The molecule has 2 heterocycles. The fourth-order valence-electron chi connectivity index (χ4n) is 2.82. The zero-order valence-electron chi connectivity index (χ0n) is 16.2. The summed E-state index contributed by atoms with van der Waals surface area (Å²) in [5.74, 6) is -0.528. The third kappa shape index (κ3) is 5.34. The average molecular weight is 481 g/mol. The van der Waals surface area contributed by atoms with Crippen LogP contribution in [0.15, 0.2) is 53.3 Å². The molecule has 0 amide bonds. The lowest BCUT2D eigenvalue weighted by Gasteiger charge is -2.16. The van der Waals surface area contributed by atoms with E-state index in [9.17, 15) is 9.36 Å². The summed E-state index contributed by atoms with van der Waals surface area (Å²) in [7, 11) is -3.23. The lowest BCUT2D eigenvalue weighted by Crippen LogP contribution is -2.06. The third-order valence-corrected chi connectivity index (χ3v) is 6.88. The molecular weight excluding hydrogens is 459 g/mol. The van der Waals surface area contributed by atoms with Crippen molar-refractivity contribution in [2.75, 3.05) is 13.2 Å². The van der Waals surface area contributed by atoms with E-state index < -0.39 is 13.6 Å². The van der Waals surface area contributed by atoms with E-state index in [2.05, 4.69) is 20.9 Å². The van der Waals surface area contributed by atoms with Crippen LogP contribution in [0, 0.1) is 0 Å². The van der Waals surface area contributed by atoms with Crippen molar-refractivity contribution in [3.05, 3.63) is 70.1 Å². The number of ether oxygens (including phenoxy) is 1. The molecule has 0 bridgehead atoms. The highest BCUT2D eigenvalue weighted by molar-refractivity contribution is 9.10. The Kier molecular flexibility index (Phi) is 7.24. The van der Waals surface area contributed by atoms with Gasteiger partial charge in [0.05, 0.1) is 19.4 Å². The molecule has 29 heavy (non-hydrogen) atoms. The van der Waals surface area contributed by atoms with E-state index in [1.165, 1.54) is 0 Å². The SMILES string of the molecule is CCOP(=O)(Cc1ccn2c(Br)c(C(=O)OCc3ccccc3)nc2c1)OCC. The summed E-state index contributed by atoms with van der Waals surface area (Å²) in [4.78, 5) is 16.9. The molecule has 0 aliphatic carbocycles. The van der Waals surface area contributed by atoms with Crippen LogP contribution in [-0.4, -0.2) is 28.6 Å². The van der Waals surface area contributed by atoms with E-state index in [0.29, 0.717) is 23.5 Å². The maximum Gasteiger partial charge on any atom is 0.360 e. The molecule has 0 saturated heterocycles. The molecule has 2 aromatic heterocycles. The van der Waals surface area contributed by atoms with Crippen LogP contribution in [0.4, 0.5) is 0 Å². The highest BCUT2D eigenvalue weighted by atomic mass is 79.9. The van der Waals surface area contributed by atoms with Gasteiger partial charge in [-0.2, -0.15) is 0 Å². The number of aromatic nitrogens is 2. The Bertz CT molecular complexity index is 1030. The summed E-state index contributed by atoms with van der Waals surface area (Å²) < 4.78 is 31.0. The first kappa shape index (κ1) is 21.7. The predicted molar refractivity (Wildman–Crippen MR) is 113 cm³/mol. The van der Waals surface area contributed by atoms with Crippen LogP contribution in [0.25, 0.3) is 5.65 Å². The number of carbonyl (C=O) groups is 1. The summed E-state index contributed by atoms with van der Waals surface area (Å²) in [5.41, 5.74) is 2.34. The van der Waals surface area contributed by atoms with Gasteiger partial charge in [-0.15, -0.1) is 0 Å². The fraction of sp³-hybridized carbons (Fsp3) is 0.300. The topological polar surface area (TPSA) is 79.1 Å². The molecule has 0 spiro atoms. The quantitative estimate of drug-likeness (QED) is 0.308. The van der Waals surface area contributed by atoms with Crippen molar-refractivity contribution in [1.82, 2.24) is 9.38 Å². The zero-order chi connectivity index (χ0) is 20.9. The monoisotopic (exact) mass is 480 g/mol. The van der Waals surface area contributed by atoms with Crippen molar-refractivity contribution in [3.8, 4) is 0 Å². The van der Waals surface area contributed by atoms with Crippen molar-refractivity contribution in [2.24, 2.45) is 0 Å². The lowest BCUT2D eigenvalue weighted by molar-refractivity contribution is 0.0465. The van der Waals surface area contributed by atoms with Crippen LogP contribution >= 0.6 is 23.5 Å². The van der Waals surface area contributed by atoms with E-state index in [0.717, 1.165) is 11.1 Å². The number of rotatable bonds is 9. The molecular formula is C20H22BrN2O5P. The van der Waals surface area contributed by atoms with E-state index in [1.807, 2.05) is 30.3 Å². The molecule has 0 aliphatic heterocycles. The molecule has 0 saturated carbocycles. The number of hydrogen-bond donors (Lipinski definition) is 0. The minimum atomic E-state index is -3.23. The first-order valence-electron chi connectivity index (χ1n) is 9.21. The number of fused-ring (bicyclic) bond motifs is 1. The summed E-state index contributed by atoms with van der Waals surface area (Å²) in [6.07, 6.45) is 1.88. The van der Waals surface area contributed by atoms with Crippen molar-refractivity contribution in [2.45, 2.75) is 26.6 Å².